The second-order valence-electron chi connectivity index (χ2n) is 5.55. The highest BCUT2D eigenvalue weighted by atomic mass is 127. The van der Waals surface area contributed by atoms with Crippen molar-refractivity contribution in [3.63, 3.8) is 0 Å². The van der Waals surface area contributed by atoms with Crippen LogP contribution in [0.25, 0.3) is 0 Å². The van der Waals surface area contributed by atoms with Crippen molar-refractivity contribution in [1.29, 1.82) is 0 Å². The summed E-state index contributed by atoms with van der Waals surface area (Å²) in [5, 5.41) is 6.38. The lowest BCUT2D eigenvalue weighted by atomic mass is 10.1. The molecule has 0 amide bonds. The Morgan fingerprint density at radius 1 is 1.26 bits per heavy atom. The number of nitrogens with zero attached hydrogens (tertiary/aromatic N) is 1. The molecule has 1 rings (SSSR count). The predicted molar refractivity (Wildman–Crippen MR) is 105 cm³/mol. The van der Waals surface area contributed by atoms with E-state index in [1.807, 2.05) is 13.0 Å². The molecular formula is C17H29FIN3O. The van der Waals surface area contributed by atoms with Crippen LogP contribution in [-0.2, 0) is 11.3 Å². The highest BCUT2D eigenvalue weighted by Gasteiger charge is 1.99. The average molecular weight is 437 g/mol. The molecule has 0 spiro atoms. The zero-order valence-electron chi connectivity index (χ0n) is 14.3. The number of rotatable bonds is 9. The Kier molecular flexibility index (Phi) is 13.0. The first-order valence-corrected chi connectivity index (χ1v) is 7.96. The molecule has 6 heteroatoms. The molecule has 0 saturated heterocycles. The molecule has 0 heterocycles. The summed E-state index contributed by atoms with van der Waals surface area (Å²) in [7, 11) is 0. The molecule has 132 valence electrons. The molecule has 1 aromatic rings. The summed E-state index contributed by atoms with van der Waals surface area (Å²) in [6, 6.07) is 6.50. The Labute approximate surface area is 156 Å². The molecule has 0 fully saturated rings. The van der Waals surface area contributed by atoms with Gasteiger partial charge in [-0.1, -0.05) is 26.0 Å². The van der Waals surface area contributed by atoms with Crippen LogP contribution in [0.4, 0.5) is 4.39 Å². The monoisotopic (exact) mass is 437 g/mol. The van der Waals surface area contributed by atoms with Crippen LogP contribution in [0.1, 0.15) is 32.8 Å². The molecule has 0 aliphatic carbocycles. The maximum Gasteiger partial charge on any atom is 0.191 e. The summed E-state index contributed by atoms with van der Waals surface area (Å²) in [6.07, 6.45) is 1.08. The van der Waals surface area contributed by atoms with E-state index in [1.165, 1.54) is 12.1 Å². The minimum atomic E-state index is -0.232. The van der Waals surface area contributed by atoms with Gasteiger partial charge in [-0.3, -0.25) is 0 Å². The fraction of sp³-hybridized carbons (Fsp3) is 0.588. The highest BCUT2D eigenvalue weighted by Crippen LogP contribution is 2.04. The van der Waals surface area contributed by atoms with E-state index in [0.29, 0.717) is 25.6 Å². The average Bonchev–Trinajstić information content (AvgIpc) is 2.48. The number of hydrogen-bond acceptors (Lipinski definition) is 2. The SMILES string of the molecule is CCNC(=NCc1cccc(F)c1)NCCOCCC(C)C.I. The number of nitrogens with one attached hydrogen (secondary N) is 2. The summed E-state index contributed by atoms with van der Waals surface area (Å²) in [5.74, 6) is 1.15. The van der Waals surface area contributed by atoms with E-state index < -0.39 is 0 Å². The standard InChI is InChI=1S/C17H28FN3O.HI/c1-4-19-17(20-9-11-22-10-8-14(2)3)21-13-15-6-5-7-16(18)12-15;/h5-7,12,14H,4,8-11,13H2,1-3H3,(H2,19,20,21);1H. The first-order valence-electron chi connectivity index (χ1n) is 7.96. The molecule has 0 atom stereocenters. The summed E-state index contributed by atoms with van der Waals surface area (Å²) >= 11 is 0. The van der Waals surface area contributed by atoms with Crippen molar-refractivity contribution >= 4 is 29.9 Å². The molecule has 0 saturated carbocycles. The summed E-state index contributed by atoms with van der Waals surface area (Å²) in [4.78, 5) is 4.44. The highest BCUT2D eigenvalue weighted by molar-refractivity contribution is 14.0. The molecular weight excluding hydrogens is 408 g/mol. The van der Waals surface area contributed by atoms with Gasteiger partial charge in [0.1, 0.15) is 5.82 Å². The van der Waals surface area contributed by atoms with Crippen LogP contribution < -0.4 is 10.6 Å². The molecule has 0 radical (unpaired) electrons. The zero-order valence-corrected chi connectivity index (χ0v) is 16.6. The van der Waals surface area contributed by atoms with Crippen molar-refractivity contribution in [2.75, 3.05) is 26.3 Å². The van der Waals surface area contributed by atoms with E-state index in [2.05, 4.69) is 29.5 Å². The van der Waals surface area contributed by atoms with Crippen molar-refractivity contribution in [2.24, 2.45) is 10.9 Å². The van der Waals surface area contributed by atoms with Crippen LogP contribution in [0.3, 0.4) is 0 Å². The zero-order chi connectivity index (χ0) is 16.2. The lowest BCUT2D eigenvalue weighted by molar-refractivity contribution is 0.128. The minimum absolute atomic E-state index is 0. The van der Waals surface area contributed by atoms with Gasteiger partial charge in [0.05, 0.1) is 13.2 Å². The number of guanidine groups is 1. The second kappa shape index (κ2) is 13.5. The molecule has 0 aromatic heterocycles. The molecule has 0 bridgehead atoms. The smallest absolute Gasteiger partial charge is 0.191 e. The van der Waals surface area contributed by atoms with E-state index in [1.54, 1.807) is 6.07 Å². The van der Waals surface area contributed by atoms with Gasteiger partial charge in [-0.05, 0) is 37.0 Å². The molecule has 23 heavy (non-hydrogen) atoms. The fourth-order valence-electron chi connectivity index (χ4n) is 1.81. The largest absolute Gasteiger partial charge is 0.380 e. The van der Waals surface area contributed by atoms with Crippen LogP contribution in [0, 0.1) is 11.7 Å². The summed E-state index contributed by atoms with van der Waals surface area (Å²) in [5.41, 5.74) is 0.852. The number of aliphatic imine (C=N–C) groups is 1. The van der Waals surface area contributed by atoms with E-state index in [9.17, 15) is 4.39 Å². The first-order chi connectivity index (χ1) is 10.6. The number of hydrogen-bond donors (Lipinski definition) is 2. The van der Waals surface area contributed by atoms with Gasteiger partial charge in [-0.2, -0.15) is 0 Å². The summed E-state index contributed by atoms with van der Waals surface area (Å²) < 4.78 is 18.7. The van der Waals surface area contributed by atoms with Gasteiger partial charge in [0.15, 0.2) is 5.96 Å². The molecule has 0 unspecified atom stereocenters. The summed E-state index contributed by atoms with van der Waals surface area (Å²) in [6.45, 7) is 9.75. The van der Waals surface area contributed by atoms with E-state index >= 15 is 0 Å². The minimum Gasteiger partial charge on any atom is -0.380 e. The number of ether oxygens (including phenoxy) is 1. The van der Waals surface area contributed by atoms with E-state index in [0.717, 1.165) is 31.1 Å². The fourth-order valence-corrected chi connectivity index (χ4v) is 1.81. The maximum atomic E-state index is 13.1. The topological polar surface area (TPSA) is 45.7 Å². The van der Waals surface area contributed by atoms with Crippen LogP contribution in [0.2, 0.25) is 0 Å². The molecule has 1 aromatic carbocycles. The van der Waals surface area contributed by atoms with E-state index in [-0.39, 0.29) is 29.8 Å². The van der Waals surface area contributed by atoms with Gasteiger partial charge in [0, 0.05) is 19.7 Å². The third-order valence-electron chi connectivity index (χ3n) is 3.03. The van der Waals surface area contributed by atoms with Gasteiger partial charge >= 0.3 is 0 Å². The Hall–Kier alpha value is -0.890. The second-order valence-corrected chi connectivity index (χ2v) is 5.55. The van der Waals surface area contributed by atoms with Crippen molar-refractivity contribution < 1.29 is 9.13 Å². The Morgan fingerprint density at radius 3 is 2.70 bits per heavy atom. The van der Waals surface area contributed by atoms with Crippen LogP contribution in [-0.4, -0.2) is 32.3 Å². The van der Waals surface area contributed by atoms with Gasteiger partial charge < -0.3 is 15.4 Å². The lowest BCUT2D eigenvalue weighted by Gasteiger charge is -2.12. The van der Waals surface area contributed by atoms with Crippen molar-refractivity contribution in [3.8, 4) is 0 Å². The maximum absolute atomic E-state index is 13.1. The lowest BCUT2D eigenvalue weighted by Crippen LogP contribution is -2.39. The number of halogens is 2. The molecule has 0 aliphatic rings. The normalized spacial score (nSPS) is 11.3. The Balaban J connectivity index is 0.00000484. The van der Waals surface area contributed by atoms with Gasteiger partial charge in [-0.25, -0.2) is 9.38 Å². The van der Waals surface area contributed by atoms with Crippen molar-refractivity contribution in [3.05, 3.63) is 35.6 Å². The third-order valence-corrected chi connectivity index (χ3v) is 3.03. The van der Waals surface area contributed by atoms with Crippen molar-refractivity contribution in [2.45, 2.75) is 33.7 Å². The van der Waals surface area contributed by atoms with Crippen molar-refractivity contribution in [1.82, 2.24) is 10.6 Å². The van der Waals surface area contributed by atoms with Gasteiger partial charge in [-0.15, -0.1) is 24.0 Å². The Bertz CT molecular complexity index is 455. The van der Waals surface area contributed by atoms with E-state index in [4.69, 9.17) is 4.74 Å². The third kappa shape index (κ3) is 11.3. The first kappa shape index (κ1) is 22.1. The van der Waals surface area contributed by atoms with Crippen LogP contribution in [0.15, 0.2) is 29.3 Å². The Morgan fingerprint density at radius 2 is 2.04 bits per heavy atom. The number of benzene rings is 1. The van der Waals surface area contributed by atoms with Gasteiger partial charge in [0.25, 0.3) is 0 Å². The van der Waals surface area contributed by atoms with Crippen LogP contribution in [0.5, 0.6) is 0 Å². The van der Waals surface area contributed by atoms with Gasteiger partial charge in [0.2, 0.25) is 0 Å². The predicted octanol–water partition coefficient (Wildman–Crippen LogP) is 3.56. The molecule has 0 aliphatic heterocycles. The van der Waals surface area contributed by atoms with Crippen LogP contribution >= 0.6 is 24.0 Å². The molecule has 2 N–H and O–H groups in total. The quantitative estimate of drug-likeness (QED) is 0.269. The molecule has 4 nitrogen and oxygen atoms in total.